The fraction of sp³-hybridized carbons (Fsp3) is 0.167. The molecule has 168 valence electrons. The molecule has 0 bridgehead atoms. The molecule has 0 radical (unpaired) electrons. The van der Waals surface area contributed by atoms with E-state index in [9.17, 15) is 14.4 Å². The average molecular weight is 466 g/mol. The van der Waals surface area contributed by atoms with Crippen molar-refractivity contribution in [1.29, 1.82) is 0 Å². The smallest absolute Gasteiger partial charge is 0.338 e. The number of nitrogens with zero attached hydrogens (tertiary/aromatic N) is 3. The van der Waals surface area contributed by atoms with Crippen LogP contribution < -0.4 is 16.0 Å². The zero-order chi connectivity index (χ0) is 23.7. The van der Waals surface area contributed by atoms with Crippen LogP contribution >= 0.6 is 11.6 Å². The lowest BCUT2D eigenvalue weighted by molar-refractivity contribution is 0.0602. The molecule has 0 N–H and O–H groups in total. The van der Waals surface area contributed by atoms with Crippen molar-refractivity contribution in [1.82, 2.24) is 14.1 Å². The topological polar surface area (TPSA) is 92.4 Å². The van der Waals surface area contributed by atoms with Gasteiger partial charge in [-0.3, -0.25) is 9.36 Å². The Morgan fingerprint density at radius 2 is 1.82 bits per heavy atom. The van der Waals surface area contributed by atoms with Crippen molar-refractivity contribution >= 4 is 28.6 Å². The number of benzene rings is 2. The fourth-order valence-corrected chi connectivity index (χ4v) is 3.89. The average Bonchev–Trinajstić information content (AvgIpc) is 2.81. The first kappa shape index (κ1) is 22.3. The Hall–Kier alpha value is -3.91. The summed E-state index contributed by atoms with van der Waals surface area (Å²) in [5.74, 6) is -0.186. The summed E-state index contributed by atoms with van der Waals surface area (Å²) >= 11 is 6.09. The van der Waals surface area contributed by atoms with Gasteiger partial charge < -0.3 is 9.47 Å². The molecule has 0 aliphatic heterocycles. The number of halogens is 1. The van der Waals surface area contributed by atoms with Crippen LogP contribution in [0.2, 0.25) is 5.02 Å². The van der Waals surface area contributed by atoms with Gasteiger partial charge in [-0.25, -0.2) is 19.1 Å². The number of hydrogen-bond acceptors (Lipinski definition) is 6. The third kappa shape index (κ3) is 4.12. The number of aromatic nitrogens is 3. The van der Waals surface area contributed by atoms with E-state index in [2.05, 4.69) is 4.98 Å². The van der Waals surface area contributed by atoms with Crippen LogP contribution in [0.4, 0.5) is 0 Å². The minimum atomic E-state index is -0.701. The van der Waals surface area contributed by atoms with Gasteiger partial charge >= 0.3 is 11.7 Å². The number of hydrogen-bond donors (Lipinski definition) is 0. The summed E-state index contributed by atoms with van der Waals surface area (Å²) in [6, 6.07) is 15.1. The molecular weight excluding hydrogens is 446 g/mol. The minimum Gasteiger partial charge on any atom is -0.497 e. The highest BCUT2D eigenvalue weighted by atomic mass is 35.5. The van der Waals surface area contributed by atoms with Gasteiger partial charge in [0.15, 0.2) is 5.65 Å². The van der Waals surface area contributed by atoms with Crippen LogP contribution in [0, 0.1) is 6.92 Å². The summed E-state index contributed by atoms with van der Waals surface area (Å²) in [4.78, 5) is 44.2. The van der Waals surface area contributed by atoms with Gasteiger partial charge in [0.05, 0.1) is 37.4 Å². The molecule has 0 unspecified atom stereocenters. The third-order valence-corrected chi connectivity index (χ3v) is 5.40. The first-order valence-electron chi connectivity index (χ1n) is 9.98. The van der Waals surface area contributed by atoms with Crippen molar-refractivity contribution < 1.29 is 14.3 Å². The Balaban J connectivity index is 2.14. The van der Waals surface area contributed by atoms with E-state index < -0.39 is 17.2 Å². The number of methoxy groups -OCH3 is 2. The summed E-state index contributed by atoms with van der Waals surface area (Å²) in [7, 11) is 2.74. The SMILES string of the molecule is COC(=O)c1cc(C)nc2c1c(=O)n(Cc1cccc(Cl)c1)c(=O)n2-c1cccc(OC)c1. The predicted octanol–water partition coefficient (Wildman–Crippen LogP) is 3.35. The van der Waals surface area contributed by atoms with Crippen molar-refractivity contribution in [3.05, 3.63) is 97.3 Å². The van der Waals surface area contributed by atoms with E-state index in [1.165, 1.54) is 24.9 Å². The molecule has 0 saturated heterocycles. The molecular formula is C24H20ClN3O5. The molecule has 2 aromatic carbocycles. The summed E-state index contributed by atoms with van der Waals surface area (Å²) in [6.07, 6.45) is 0. The fourth-order valence-electron chi connectivity index (χ4n) is 3.67. The molecule has 0 saturated carbocycles. The largest absolute Gasteiger partial charge is 0.497 e. The molecule has 0 amide bonds. The quantitative estimate of drug-likeness (QED) is 0.420. The van der Waals surface area contributed by atoms with E-state index in [0.717, 1.165) is 4.57 Å². The number of carbonyl (C=O) groups excluding carboxylic acids is 1. The number of ether oxygens (including phenoxy) is 2. The van der Waals surface area contributed by atoms with Crippen LogP contribution in [0.5, 0.6) is 5.75 Å². The van der Waals surface area contributed by atoms with Crippen LogP contribution in [0.25, 0.3) is 16.7 Å². The van der Waals surface area contributed by atoms with E-state index in [1.807, 2.05) is 0 Å². The first-order chi connectivity index (χ1) is 15.8. The Morgan fingerprint density at radius 3 is 2.52 bits per heavy atom. The number of esters is 1. The number of fused-ring (bicyclic) bond motifs is 1. The van der Waals surface area contributed by atoms with Gasteiger partial charge in [0, 0.05) is 16.8 Å². The lowest BCUT2D eigenvalue weighted by Gasteiger charge is -2.16. The highest BCUT2D eigenvalue weighted by molar-refractivity contribution is 6.30. The molecule has 0 fully saturated rings. The predicted molar refractivity (Wildman–Crippen MR) is 125 cm³/mol. The summed E-state index contributed by atoms with van der Waals surface area (Å²) in [6.45, 7) is 1.62. The van der Waals surface area contributed by atoms with Crippen LogP contribution in [-0.4, -0.2) is 34.3 Å². The van der Waals surface area contributed by atoms with Gasteiger partial charge in [-0.05, 0) is 42.8 Å². The Kier molecular flexibility index (Phi) is 6.02. The second kappa shape index (κ2) is 8.91. The molecule has 33 heavy (non-hydrogen) atoms. The van der Waals surface area contributed by atoms with Gasteiger partial charge in [-0.2, -0.15) is 0 Å². The van der Waals surface area contributed by atoms with Crippen molar-refractivity contribution in [3.63, 3.8) is 0 Å². The number of aryl methyl sites for hydroxylation is 1. The molecule has 0 spiro atoms. The summed E-state index contributed by atoms with van der Waals surface area (Å²) in [5, 5.41) is 0.457. The molecule has 0 aliphatic rings. The highest BCUT2D eigenvalue weighted by Crippen LogP contribution is 2.21. The van der Waals surface area contributed by atoms with E-state index in [4.69, 9.17) is 21.1 Å². The van der Waals surface area contributed by atoms with Crippen molar-refractivity contribution in [2.45, 2.75) is 13.5 Å². The monoisotopic (exact) mass is 465 g/mol. The van der Waals surface area contributed by atoms with Crippen LogP contribution in [-0.2, 0) is 11.3 Å². The van der Waals surface area contributed by atoms with Crippen molar-refractivity contribution in [2.24, 2.45) is 0 Å². The zero-order valence-electron chi connectivity index (χ0n) is 18.2. The normalized spacial score (nSPS) is 10.9. The summed E-state index contributed by atoms with van der Waals surface area (Å²) < 4.78 is 12.5. The van der Waals surface area contributed by atoms with Gasteiger partial charge in [-0.1, -0.05) is 29.8 Å². The lowest BCUT2D eigenvalue weighted by Crippen LogP contribution is -2.40. The Labute approximate surface area is 193 Å². The van der Waals surface area contributed by atoms with E-state index in [1.54, 1.807) is 55.5 Å². The van der Waals surface area contributed by atoms with E-state index in [-0.39, 0.29) is 23.1 Å². The summed E-state index contributed by atoms with van der Waals surface area (Å²) in [5.41, 5.74) is 0.348. The molecule has 2 heterocycles. The maximum Gasteiger partial charge on any atom is 0.338 e. The van der Waals surface area contributed by atoms with E-state index >= 15 is 0 Å². The second-order valence-electron chi connectivity index (χ2n) is 7.34. The first-order valence-corrected chi connectivity index (χ1v) is 10.4. The highest BCUT2D eigenvalue weighted by Gasteiger charge is 2.23. The van der Waals surface area contributed by atoms with Crippen molar-refractivity contribution in [2.75, 3.05) is 14.2 Å². The zero-order valence-corrected chi connectivity index (χ0v) is 18.9. The molecule has 9 heteroatoms. The second-order valence-corrected chi connectivity index (χ2v) is 7.78. The Bertz CT molecular complexity index is 1510. The number of carbonyl (C=O) groups is 1. The van der Waals surface area contributed by atoms with Crippen LogP contribution in [0.15, 0.2) is 64.2 Å². The molecule has 0 aliphatic carbocycles. The maximum absolute atomic E-state index is 13.7. The molecule has 4 aromatic rings. The van der Waals surface area contributed by atoms with Crippen molar-refractivity contribution in [3.8, 4) is 11.4 Å². The lowest BCUT2D eigenvalue weighted by atomic mass is 10.1. The van der Waals surface area contributed by atoms with E-state index in [0.29, 0.717) is 27.7 Å². The molecule has 8 nitrogen and oxygen atoms in total. The van der Waals surface area contributed by atoms with Gasteiger partial charge in [0.1, 0.15) is 5.75 Å². The molecule has 2 aromatic heterocycles. The number of rotatable bonds is 5. The maximum atomic E-state index is 13.7. The van der Waals surface area contributed by atoms with Crippen LogP contribution in [0.3, 0.4) is 0 Å². The number of pyridine rings is 1. The molecule has 0 atom stereocenters. The minimum absolute atomic E-state index is 0.0168. The van der Waals surface area contributed by atoms with Gasteiger partial charge in [0.2, 0.25) is 0 Å². The third-order valence-electron chi connectivity index (χ3n) is 5.17. The standard InChI is InChI=1S/C24H20ClN3O5/c1-14-10-19(23(30)33-3)20-21(26-14)28(17-8-5-9-18(12-17)32-2)24(31)27(22(20)29)13-15-6-4-7-16(25)11-15/h4-12H,13H2,1-3H3. The van der Waals surface area contributed by atoms with Gasteiger partial charge in [0.25, 0.3) is 5.56 Å². The van der Waals surface area contributed by atoms with Gasteiger partial charge in [-0.15, -0.1) is 0 Å². The van der Waals surface area contributed by atoms with Crippen LogP contribution in [0.1, 0.15) is 21.6 Å². The Morgan fingerprint density at radius 1 is 1.06 bits per heavy atom. The molecule has 4 rings (SSSR count).